The summed E-state index contributed by atoms with van der Waals surface area (Å²) in [6, 6.07) is 0.114. The molecule has 2 aliphatic rings. The van der Waals surface area contributed by atoms with Gasteiger partial charge in [-0.3, -0.25) is 9.69 Å². The predicted octanol–water partition coefficient (Wildman–Crippen LogP) is 0.883. The van der Waals surface area contributed by atoms with Gasteiger partial charge in [0.05, 0.1) is 31.5 Å². The van der Waals surface area contributed by atoms with Gasteiger partial charge >= 0.3 is 0 Å². The SMILES string of the molecule is CC(=O)NC1C(C)OC(CN2CCOCC2)C(C)C1C. The summed E-state index contributed by atoms with van der Waals surface area (Å²) >= 11 is 0. The molecule has 2 heterocycles. The molecule has 0 saturated carbocycles. The molecule has 1 N–H and O–H groups in total. The molecule has 0 radical (unpaired) electrons. The summed E-state index contributed by atoms with van der Waals surface area (Å²) in [5, 5.41) is 3.04. The summed E-state index contributed by atoms with van der Waals surface area (Å²) in [5.41, 5.74) is 0. The first-order chi connectivity index (χ1) is 9.49. The lowest BCUT2D eigenvalue weighted by atomic mass is 9.80. The Morgan fingerprint density at radius 1 is 1.20 bits per heavy atom. The lowest BCUT2D eigenvalue weighted by Gasteiger charge is -2.45. The number of carbonyl (C=O) groups is 1. The van der Waals surface area contributed by atoms with E-state index in [4.69, 9.17) is 9.47 Å². The van der Waals surface area contributed by atoms with E-state index in [0.717, 1.165) is 32.8 Å². The lowest BCUT2D eigenvalue weighted by molar-refractivity contribution is -0.138. The zero-order valence-electron chi connectivity index (χ0n) is 13.1. The van der Waals surface area contributed by atoms with E-state index in [9.17, 15) is 4.79 Å². The first kappa shape index (κ1) is 15.7. The minimum atomic E-state index is 0.0242. The molecule has 5 unspecified atom stereocenters. The third-order valence-corrected chi connectivity index (χ3v) is 4.79. The highest BCUT2D eigenvalue weighted by Gasteiger charge is 2.40. The molecule has 20 heavy (non-hydrogen) atoms. The maximum Gasteiger partial charge on any atom is 0.217 e. The molecule has 2 rings (SSSR count). The summed E-state index contributed by atoms with van der Waals surface area (Å²) in [5.74, 6) is 0.885. The van der Waals surface area contributed by atoms with E-state index >= 15 is 0 Å². The van der Waals surface area contributed by atoms with E-state index < -0.39 is 0 Å². The Morgan fingerprint density at radius 3 is 2.45 bits per heavy atom. The zero-order valence-corrected chi connectivity index (χ0v) is 13.1. The van der Waals surface area contributed by atoms with Crippen LogP contribution in [0.4, 0.5) is 0 Å². The molecule has 2 saturated heterocycles. The Labute approximate surface area is 122 Å². The Kier molecular flexibility index (Phi) is 5.41. The Hall–Kier alpha value is -0.650. The fourth-order valence-electron chi connectivity index (χ4n) is 3.31. The second-order valence-electron chi connectivity index (χ2n) is 6.24. The van der Waals surface area contributed by atoms with Gasteiger partial charge in [-0.1, -0.05) is 13.8 Å². The van der Waals surface area contributed by atoms with Crippen LogP contribution < -0.4 is 5.32 Å². The van der Waals surface area contributed by atoms with Crippen molar-refractivity contribution in [3.8, 4) is 0 Å². The number of morpholine rings is 1. The maximum atomic E-state index is 11.3. The summed E-state index contributed by atoms with van der Waals surface area (Å²) in [4.78, 5) is 13.7. The highest BCUT2D eigenvalue weighted by Crippen LogP contribution is 2.31. The fraction of sp³-hybridized carbons (Fsp3) is 0.933. The summed E-state index contributed by atoms with van der Waals surface area (Å²) in [7, 11) is 0. The Balaban J connectivity index is 1.94. The normalized spacial score (nSPS) is 39.5. The van der Waals surface area contributed by atoms with Gasteiger partial charge in [-0.2, -0.15) is 0 Å². The van der Waals surface area contributed by atoms with Crippen LogP contribution in [0, 0.1) is 11.8 Å². The summed E-state index contributed by atoms with van der Waals surface area (Å²) in [6.07, 6.45) is 0.305. The number of rotatable bonds is 3. The summed E-state index contributed by atoms with van der Waals surface area (Å²) < 4.78 is 11.6. The Morgan fingerprint density at radius 2 is 1.85 bits per heavy atom. The first-order valence-corrected chi connectivity index (χ1v) is 7.71. The van der Waals surface area contributed by atoms with Crippen molar-refractivity contribution in [2.24, 2.45) is 11.8 Å². The number of nitrogens with one attached hydrogen (secondary N) is 1. The number of nitrogens with zero attached hydrogens (tertiary/aromatic N) is 1. The average molecular weight is 284 g/mol. The molecular weight excluding hydrogens is 256 g/mol. The van der Waals surface area contributed by atoms with Crippen LogP contribution in [0.15, 0.2) is 0 Å². The van der Waals surface area contributed by atoms with Crippen molar-refractivity contribution in [1.82, 2.24) is 10.2 Å². The van der Waals surface area contributed by atoms with Crippen molar-refractivity contribution >= 4 is 5.91 Å². The number of carbonyl (C=O) groups excluding carboxylic acids is 1. The Bertz CT molecular complexity index is 331. The number of ether oxygens (including phenoxy) is 2. The summed E-state index contributed by atoms with van der Waals surface area (Å²) in [6.45, 7) is 12.7. The minimum absolute atomic E-state index is 0.0242. The average Bonchev–Trinajstić information content (AvgIpc) is 2.42. The van der Waals surface area contributed by atoms with E-state index in [2.05, 4.69) is 31.0 Å². The monoisotopic (exact) mass is 284 g/mol. The van der Waals surface area contributed by atoms with Gasteiger partial charge in [0.15, 0.2) is 0 Å². The second-order valence-corrected chi connectivity index (χ2v) is 6.24. The molecule has 2 aliphatic heterocycles. The van der Waals surface area contributed by atoms with Crippen LogP contribution in [0.25, 0.3) is 0 Å². The smallest absolute Gasteiger partial charge is 0.217 e. The van der Waals surface area contributed by atoms with E-state index in [1.807, 2.05) is 0 Å². The molecule has 5 atom stereocenters. The first-order valence-electron chi connectivity index (χ1n) is 7.71. The molecule has 0 aromatic rings. The highest BCUT2D eigenvalue weighted by molar-refractivity contribution is 5.73. The molecule has 2 fully saturated rings. The van der Waals surface area contributed by atoms with Gasteiger partial charge in [0.25, 0.3) is 0 Å². The van der Waals surface area contributed by atoms with Crippen LogP contribution in [-0.2, 0) is 14.3 Å². The predicted molar refractivity (Wildman–Crippen MR) is 77.5 cm³/mol. The van der Waals surface area contributed by atoms with Gasteiger partial charge in [-0.15, -0.1) is 0 Å². The van der Waals surface area contributed by atoms with Gasteiger partial charge in [-0.25, -0.2) is 0 Å². The molecule has 1 amide bonds. The van der Waals surface area contributed by atoms with E-state index in [-0.39, 0.29) is 24.2 Å². The third-order valence-electron chi connectivity index (χ3n) is 4.79. The van der Waals surface area contributed by atoms with Crippen LogP contribution in [0.5, 0.6) is 0 Å². The third kappa shape index (κ3) is 3.71. The fourth-order valence-corrected chi connectivity index (χ4v) is 3.31. The molecule has 0 aromatic carbocycles. The molecule has 0 aromatic heterocycles. The van der Waals surface area contributed by atoms with Crippen molar-refractivity contribution < 1.29 is 14.3 Å². The molecular formula is C15H28N2O3. The number of hydrogen-bond donors (Lipinski definition) is 1. The maximum absolute atomic E-state index is 11.3. The molecule has 116 valence electrons. The van der Waals surface area contributed by atoms with Gasteiger partial charge in [0, 0.05) is 26.6 Å². The zero-order chi connectivity index (χ0) is 14.7. The van der Waals surface area contributed by atoms with Crippen molar-refractivity contribution in [2.75, 3.05) is 32.8 Å². The second kappa shape index (κ2) is 6.87. The highest BCUT2D eigenvalue weighted by atomic mass is 16.5. The van der Waals surface area contributed by atoms with Crippen molar-refractivity contribution in [3.05, 3.63) is 0 Å². The molecule has 5 heteroatoms. The number of amides is 1. The topological polar surface area (TPSA) is 50.8 Å². The quantitative estimate of drug-likeness (QED) is 0.836. The standard InChI is InChI=1S/C15H28N2O3/c1-10-11(2)15(16-13(4)18)12(3)20-14(10)9-17-5-7-19-8-6-17/h10-12,14-15H,5-9H2,1-4H3,(H,16,18). The van der Waals surface area contributed by atoms with Crippen LogP contribution in [0.3, 0.4) is 0 Å². The van der Waals surface area contributed by atoms with E-state index in [1.54, 1.807) is 6.92 Å². The van der Waals surface area contributed by atoms with Gasteiger partial charge < -0.3 is 14.8 Å². The van der Waals surface area contributed by atoms with Gasteiger partial charge in [0.1, 0.15) is 0 Å². The van der Waals surface area contributed by atoms with E-state index in [1.165, 1.54) is 0 Å². The van der Waals surface area contributed by atoms with Gasteiger partial charge in [-0.05, 0) is 18.8 Å². The van der Waals surface area contributed by atoms with Crippen molar-refractivity contribution in [2.45, 2.75) is 45.9 Å². The van der Waals surface area contributed by atoms with Crippen LogP contribution in [0.2, 0.25) is 0 Å². The van der Waals surface area contributed by atoms with Crippen molar-refractivity contribution in [3.63, 3.8) is 0 Å². The largest absolute Gasteiger partial charge is 0.379 e. The minimum Gasteiger partial charge on any atom is -0.379 e. The molecule has 0 aliphatic carbocycles. The number of hydrogen-bond acceptors (Lipinski definition) is 4. The van der Waals surface area contributed by atoms with E-state index in [0.29, 0.717) is 11.8 Å². The van der Waals surface area contributed by atoms with Crippen LogP contribution in [0.1, 0.15) is 27.7 Å². The molecule has 5 nitrogen and oxygen atoms in total. The van der Waals surface area contributed by atoms with Gasteiger partial charge in [0.2, 0.25) is 5.91 Å². The molecule has 0 spiro atoms. The lowest BCUT2D eigenvalue weighted by Crippen LogP contribution is -2.58. The van der Waals surface area contributed by atoms with Crippen molar-refractivity contribution in [1.29, 1.82) is 0 Å². The van der Waals surface area contributed by atoms with Crippen LogP contribution in [-0.4, -0.2) is 61.9 Å². The van der Waals surface area contributed by atoms with Crippen LogP contribution >= 0.6 is 0 Å². The molecule has 0 bridgehead atoms.